The van der Waals surface area contributed by atoms with Crippen molar-refractivity contribution in [3.8, 4) is 5.88 Å². The Morgan fingerprint density at radius 1 is 1.02 bits per heavy atom. The van der Waals surface area contributed by atoms with Crippen LogP contribution in [-0.4, -0.2) is 76.6 Å². The van der Waals surface area contributed by atoms with E-state index in [1.807, 2.05) is 18.4 Å². The molecule has 0 radical (unpaired) electrons. The first-order valence-corrected chi connectivity index (χ1v) is 16.4. The lowest BCUT2D eigenvalue weighted by molar-refractivity contribution is -0.146. The number of esters is 2. The molecule has 3 aliphatic rings. The summed E-state index contributed by atoms with van der Waals surface area (Å²) in [6.07, 6.45) is 3.75. The number of nitrogens with two attached hydrogens (primary N) is 1. The molecule has 2 aromatic heterocycles. The van der Waals surface area contributed by atoms with Gasteiger partial charge in [0.2, 0.25) is 11.8 Å². The summed E-state index contributed by atoms with van der Waals surface area (Å²) in [6, 6.07) is -1.91. The highest BCUT2D eigenvalue weighted by Crippen LogP contribution is 2.43. The first-order chi connectivity index (χ1) is 20.5. The van der Waals surface area contributed by atoms with E-state index in [0.29, 0.717) is 48.5 Å². The summed E-state index contributed by atoms with van der Waals surface area (Å²) in [6.45, 7) is 7.50. The summed E-state index contributed by atoms with van der Waals surface area (Å²) < 4.78 is 44.2. The number of hydrogen-bond donors (Lipinski definition) is 3. The molecule has 0 bridgehead atoms. The van der Waals surface area contributed by atoms with E-state index >= 15 is 0 Å². The van der Waals surface area contributed by atoms with Gasteiger partial charge in [0, 0.05) is 5.92 Å². The van der Waals surface area contributed by atoms with E-state index in [1.54, 1.807) is 13.8 Å². The number of imidazole rings is 1. The number of rotatable bonds is 15. The molecule has 2 saturated carbocycles. The number of nitrogens with zero attached hydrogens (tertiary/aromatic N) is 4. The lowest BCUT2D eigenvalue weighted by atomic mass is 10.1. The van der Waals surface area contributed by atoms with E-state index < -0.39 is 44.0 Å². The Bertz CT molecular complexity index is 1340. The molecule has 5 atom stereocenters. The molecule has 1 saturated heterocycles. The molecule has 1 aliphatic heterocycles. The van der Waals surface area contributed by atoms with Gasteiger partial charge in [-0.15, -0.1) is 0 Å². The summed E-state index contributed by atoms with van der Waals surface area (Å²) in [7, 11) is -2.49. The smallest absolute Gasteiger partial charge is 0.342 e. The standard InChI is InChI=1S/C27H42N7O8P/c1-14-10-20(42-24(14)34-17(4)29-21-22(34)30-27(28)31-23(21)38-5)13-41-43(37,32-15(2)25(35)39-11-18-6-7-18)33-16(3)26(36)40-12-19-8-9-19/h14-16,18-20,24H,6-13H2,1-5H3,(H2,28,30,31)(H2,32,33,37). The number of nitrogen functional groups attached to an aromatic ring is 1. The van der Waals surface area contributed by atoms with E-state index in [-0.39, 0.29) is 24.4 Å². The Labute approximate surface area is 250 Å². The van der Waals surface area contributed by atoms with Crippen molar-refractivity contribution in [3.05, 3.63) is 5.82 Å². The number of ether oxygens (including phenoxy) is 4. The molecule has 2 aliphatic carbocycles. The van der Waals surface area contributed by atoms with Crippen molar-refractivity contribution in [1.29, 1.82) is 0 Å². The number of hydrogen-bond acceptors (Lipinski definition) is 12. The van der Waals surface area contributed by atoms with Gasteiger partial charge < -0.3 is 29.2 Å². The van der Waals surface area contributed by atoms with Crippen molar-refractivity contribution >= 4 is 36.7 Å². The number of methoxy groups -OCH3 is 1. The average Bonchev–Trinajstić information content (AvgIpc) is 3.89. The van der Waals surface area contributed by atoms with Gasteiger partial charge in [-0.2, -0.15) is 9.97 Å². The predicted molar refractivity (Wildman–Crippen MR) is 155 cm³/mol. The highest BCUT2D eigenvalue weighted by Gasteiger charge is 2.39. The molecule has 16 heteroatoms. The van der Waals surface area contributed by atoms with E-state index in [2.05, 4.69) is 25.1 Å². The summed E-state index contributed by atoms with van der Waals surface area (Å²) in [5, 5.41) is 5.50. The maximum atomic E-state index is 14.1. The largest absolute Gasteiger partial charge is 0.479 e. The van der Waals surface area contributed by atoms with E-state index in [0.717, 1.165) is 25.7 Å². The van der Waals surface area contributed by atoms with Crippen molar-refractivity contribution in [2.75, 3.05) is 32.7 Å². The van der Waals surface area contributed by atoms with Crippen LogP contribution in [0.4, 0.5) is 5.95 Å². The van der Waals surface area contributed by atoms with Crippen molar-refractivity contribution in [2.45, 2.75) is 84.2 Å². The maximum Gasteiger partial charge on any atom is 0.342 e. The molecule has 3 fully saturated rings. The van der Waals surface area contributed by atoms with Crippen molar-refractivity contribution in [3.63, 3.8) is 0 Å². The lowest BCUT2D eigenvalue weighted by Gasteiger charge is -2.27. The van der Waals surface area contributed by atoms with Crippen LogP contribution < -0.4 is 20.6 Å². The summed E-state index contributed by atoms with van der Waals surface area (Å²) >= 11 is 0. The Morgan fingerprint density at radius 3 is 2.14 bits per heavy atom. The molecule has 0 aromatic carbocycles. The fraction of sp³-hybridized carbons (Fsp3) is 0.741. The number of aromatic nitrogens is 4. The van der Waals surface area contributed by atoms with Crippen molar-refractivity contribution in [2.24, 2.45) is 17.8 Å². The van der Waals surface area contributed by atoms with Gasteiger partial charge >= 0.3 is 19.6 Å². The molecule has 0 spiro atoms. The van der Waals surface area contributed by atoms with Gasteiger partial charge in [-0.3, -0.25) is 18.7 Å². The normalized spacial score (nSPS) is 24.8. The van der Waals surface area contributed by atoms with Crippen LogP contribution in [0.1, 0.15) is 64.9 Å². The van der Waals surface area contributed by atoms with Gasteiger partial charge in [-0.1, -0.05) is 6.92 Å². The van der Waals surface area contributed by atoms with Gasteiger partial charge in [-0.25, -0.2) is 15.2 Å². The summed E-state index contributed by atoms with van der Waals surface area (Å²) in [4.78, 5) is 38.3. The highest BCUT2D eigenvalue weighted by atomic mass is 31.2. The topological polar surface area (TPSA) is 191 Å². The molecule has 3 heterocycles. The predicted octanol–water partition coefficient (Wildman–Crippen LogP) is 2.64. The number of anilines is 1. The van der Waals surface area contributed by atoms with E-state index in [4.69, 9.17) is 29.2 Å². The Morgan fingerprint density at radius 2 is 1.60 bits per heavy atom. The quantitative estimate of drug-likeness (QED) is 0.194. The SMILES string of the molecule is COc1nc(N)nc2c1nc(C)n2C1OC(COP(=O)(NC(C)C(=O)OCC2CC2)NC(C)C(=O)OCC2CC2)CC1C. The molecular weight excluding hydrogens is 581 g/mol. The second kappa shape index (κ2) is 13.0. The van der Waals surface area contributed by atoms with Crippen LogP contribution in [0.25, 0.3) is 11.2 Å². The first kappa shape index (κ1) is 31.6. The molecule has 4 N–H and O–H groups in total. The second-order valence-electron chi connectivity index (χ2n) is 11.8. The fourth-order valence-corrected chi connectivity index (χ4v) is 6.83. The lowest BCUT2D eigenvalue weighted by Crippen LogP contribution is -2.43. The molecule has 2 aromatic rings. The summed E-state index contributed by atoms with van der Waals surface area (Å²) in [5.41, 5.74) is 6.86. The monoisotopic (exact) mass is 623 g/mol. The molecular formula is C27H42N7O8P. The van der Waals surface area contributed by atoms with E-state index in [9.17, 15) is 14.2 Å². The molecule has 5 rings (SSSR count). The zero-order valence-electron chi connectivity index (χ0n) is 25.3. The number of fused-ring (bicyclic) bond motifs is 1. The average molecular weight is 624 g/mol. The minimum Gasteiger partial charge on any atom is -0.479 e. The molecule has 43 heavy (non-hydrogen) atoms. The van der Waals surface area contributed by atoms with E-state index in [1.165, 1.54) is 7.11 Å². The number of nitrogens with one attached hydrogen (secondary N) is 2. The van der Waals surface area contributed by atoms with Crippen LogP contribution >= 0.6 is 7.67 Å². The summed E-state index contributed by atoms with van der Waals surface area (Å²) in [5.74, 6) is 0.614. The zero-order chi connectivity index (χ0) is 30.9. The van der Waals surface area contributed by atoms with Gasteiger partial charge in [0.25, 0.3) is 0 Å². The third kappa shape index (κ3) is 7.82. The van der Waals surface area contributed by atoms with Crippen LogP contribution in [-0.2, 0) is 32.9 Å². The van der Waals surface area contributed by atoms with Gasteiger partial charge in [-0.05, 0) is 64.7 Å². The third-order valence-electron chi connectivity index (χ3n) is 7.80. The second-order valence-corrected chi connectivity index (χ2v) is 13.7. The van der Waals surface area contributed by atoms with Crippen LogP contribution in [0.2, 0.25) is 0 Å². The minimum absolute atomic E-state index is 0.000149. The highest BCUT2D eigenvalue weighted by molar-refractivity contribution is 7.54. The zero-order valence-corrected chi connectivity index (χ0v) is 26.2. The van der Waals surface area contributed by atoms with Crippen molar-refractivity contribution < 1.29 is 37.6 Å². The van der Waals surface area contributed by atoms with Crippen LogP contribution in [0.5, 0.6) is 5.88 Å². The molecule has 238 valence electrons. The first-order valence-electron chi connectivity index (χ1n) is 14.8. The molecule has 15 nitrogen and oxygen atoms in total. The minimum atomic E-state index is -3.98. The molecule has 5 unspecified atom stereocenters. The van der Waals surface area contributed by atoms with Gasteiger partial charge in [0.15, 0.2) is 11.2 Å². The fourth-order valence-electron chi connectivity index (χ4n) is 5.00. The maximum absolute atomic E-state index is 14.1. The van der Waals surface area contributed by atoms with Crippen LogP contribution in [0.15, 0.2) is 0 Å². The van der Waals surface area contributed by atoms with Crippen LogP contribution in [0, 0.1) is 24.7 Å². The molecule has 0 amide bonds. The number of carbonyl (C=O) groups excluding carboxylic acids is 2. The van der Waals surface area contributed by atoms with Gasteiger partial charge in [0.05, 0.1) is 33.0 Å². The third-order valence-corrected chi connectivity index (χ3v) is 9.76. The number of carbonyl (C=O) groups is 2. The van der Waals surface area contributed by atoms with Crippen molar-refractivity contribution in [1.82, 2.24) is 29.7 Å². The van der Waals surface area contributed by atoms with Crippen LogP contribution in [0.3, 0.4) is 0 Å². The Balaban J connectivity index is 1.26. The Hall–Kier alpha value is -2.84. The number of aryl methyl sites for hydroxylation is 1. The van der Waals surface area contributed by atoms with Gasteiger partial charge in [0.1, 0.15) is 24.1 Å². The Kier molecular flexibility index (Phi) is 9.57.